The summed E-state index contributed by atoms with van der Waals surface area (Å²) in [5, 5.41) is 9.24. The molecule has 1 aromatic carbocycles. The van der Waals surface area contributed by atoms with Crippen LogP contribution in [0.25, 0.3) is 0 Å². The molecule has 1 aromatic rings. The minimum atomic E-state index is 0.294. The van der Waals surface area contributed by atoms with Gasteiger partial charge in [0.1, 0.15) is 5.75 Å². The first-order valence-corrected chi connectivity index (χ1v) is 6.31. The van der Waals surface area contributed by atoms with Gasteiger partial charge in [0.25, 0.3) is 0 Å². The Morgan fingerprint density at radius 3 is 2.76 bits per heavy atom. The van der Waals surface area contributed by atoms with E-state index in [1.165, 1.54) is 12.0 Å². The maximum absolute atomic E-state index is 9.24. The van der Waals surface area contributed by atoms with E-state index in [9.17, 15) is 5.11 Å². The van der Waals surface area contributed by atoms with Gasteiger partial charge in [-0.25, -0.2) is 0 Å². The van der Waals surface area contributed by atoms with Crippen molar-refractivity contribution >= 4 is 0 Å². The lowest BCUT2D eigenvalue weighted by Crippen LogP contribution is -2.33. The topological polar surface area (TPSA) is 32.7 Å². The van der Waals surface area contributed by atoms with Crippen molar-refractivity contribution in [1.82, 2.24) is 4.90 Å². The second-order valence-electron chi connectivity index (χ2n) is 4.61. The van der Waals surface area contributed by atoms with Crippen LogP contribution in [-0.4, -0.2) is 42.9 Å². The molecule has 1 atom stereocenters. The molecule has 0 aliphatic carbocycles. The molecule has 17 heavy (non-hydrogen) atoms. The standard InChI is InChI=1S/C14H21NO2/c1-17-14-6-4-12(5-7-14)8-10-15-9-2-3-13(15)11-16/h4-7,13,16H,2-3,8-11H2,1H3. The zero-order chi connectivity index (χ0) is 12.1. The SMILES string of the molecule is COc1ccc(CCN2CCCC2CO)cc1. The van der Waals surface area contributed by atoms with Gasteiger partial charge in [-0.15, -0.1) is 0 Å². The monoisotopic (exact) mass is 235 g/mol. The van der Waals surface area contributed by atoms with Crippen LogP contribution in [0.2, 0.25) is 0 Å². The Morgan fingerprint density at radius 1 is 1.35 bits per heavy atom. The number of likely N-dealkylation sites (tertiary alicyclic amines) is 1. The first kappa shape index (κ1) is 12.4. The van der Waals surface area contributed by atoms with Crippen LogP contribution >= 0.6 is 0 Å². The van der Waals surface area contributed by atoms with Gasteiger partial charge in [-0.3, -0.25) is 4.90 Å². The third kappa shape index (κ3) is 3.20. The molecule has 1 saturated heterocycles. The molecule has 0 radical (unpaired) electrons. The van der Waals surface area contributed by atoms with E-state index >= 15 is 0 Å². The highest BCUT2D eigenvalue weighted by atomic mass is 16.5. The van der Waals surface area contributed by atoms with Gasteiger partial charge in [0.15, 0.2) is 0 Å². The lowest BCUT2D eigenvalue weighted by atomic mass is 10.1. The molecule has 1 fully saturated rings. The van der Waals surface area contributed by atoms with Crippen molar-refractivity contribution in [3.63, 3.8) is 0 Å². The van der Waals surface area contributed by atoms with Crippen LogP contribution in [0.5, 0.6) is 5.75 Å². The van der Waals surface area contributed by atoms with Crippen LogP contribution in [0.3, 0.4) is 0 Å². The van der Waals surface area contributed by atoms with Gasteiger partial charge in [0.2, 0.25) is 0 Å². The lowest BCUT2D eigenvalue weighted by Gasteiger charge is -2.22. The second kappa shape index (κ2) is 6.03. The van der Waals surface area contributed by atoms with E-state index in [-0.39, 0.29) is 0 Å². The van der Waals surface area contributed by atoms with Crippen molar-refractivity contribution in [2.24, 2.45) is 0 Å². The van der Waals surface area contributed by atoms with Crippen LogP contribution in [0.15, 0.2) is 24.3 Å². The fourth-order valence-electron chi connectivity index (χ4n) is 2.46. The van der Waals surface area contributed by atoms with Gasteiger partial charge in [-0.05, 0) is 43.5 Å². The number of ether oxygens (including phenoxy) is 1. The van der Waals surface area contributed by atoms with E-state index in [0.717, 1.165) is 31.7 Å². The normalized spacial score (nSPS) is 20.7. The number of nitrogens with zero attached hydrogens (tertiary/aromatic N) is 1. The summed E-state index contributed by atoms with van der Waals surface area (Å²) in [4.78, 5) is 2.39. The number of hydrogen-bond acceptors (Lipinski definition) is 3. The number of hydrogen-bond donors (Lipinski definition) is 1. The van der Waals surface area contributed by atoms with Crippen LogP contribution < -0.4 is 4.74 Å². The summed E-state index contributed by atoms with van der Waals surface area (Å²) in [5.41, 5.74) is 1.33. The summed E-state index contributed by atoms with van der Waals surface area (Å²) >= 11 is 0. The molecule has 1 heterocycles. The highest BCUT2D eigenvalue weighted by molar-refractivity contribution is 5.27. The maximum atomic E-state index is 9.24. The Bertz CT molecular complexity index is 337. The van der Waals surface area contributed by atoms with E-state index in [4.69, 9.17) is 4.74 Å². The molecule has 0 saturated carbocycles. The number of aliphatic hydroxyl groups excluding tert-OH is 1. The average molecular weight is 235 g/mol. The minimum Gasteiger partial charge on any atom is -0.497 e. The first-order valence-electron chi connectivity index (χ1n) is 6.31. The van der Waals surface area contributed by atoms with Gasteiger partial charge >= 0.3 is 0 Å². The van der Waals surface area contributed by atoms with Gasteiger partial charge in [0.05, 0.1) is 13.7 Å². The molecular formula is C14H21NO2. The Labute approximate surface area is 103 Å². The van der Waals surface area contributed by atoms with Crippen molar-refractivity contribution in [3.05, 3.63) is 29.8 Å². The van der Waals surface area contributed by atoms with Gasteiger partial charge in [0, 0.05) is 12.6 Å². The lowest BCUT2D eigenvalue weighted by molar-refractivity contribution is 0.160. The predicted octanol–water partition coefficient (Wildman–Crippen LogP) is 1.69. The Balaban J connectivity index is 1.84. The molecule has 1 aliphatic heterocycles. The van der Waals surface area contributed by atoms with Crippen molar-refractivity contribution in [2.45, 2.75) is 25.3 Å². The van der Waals surface area contributed by atoms with E-state index in [2.05, 4.69) is 17.0 Å². The molecular weight excluding hydrogens is 214 g/mol. The first-order chi connectivity index (χ1) is 8.33. The predicted molar refractivity (Wildman–Crippen MR) is 68.4 cm³/mol. The Hall–Kier alpha value is -1.06. The summed E-state index contributed by atoms with van der Waals surface area (Å²) in [6.45, 7) is 2.46. The van der Waals surface area contributed by atoms with Crippen LogP contribution in [0.4, 0.5) is 0 Å². The molecule has 3 nitrogen and oxygen atoms in total. The number of benzene rings is 1. The highest BCUT2D eigenvalue weighted by Crippen LogP contribution is 2.18. The fraction of sp³-hybridized carbons (Fsp3) is 0.571. The number of aliphatic hydroxyl groups is 1. The number of rotatable bonds is 5. The molecule has 0 aromatic heterocycles. The maximum Gasteiger partial charge on any atom is 0.118 e. The van der Waals surface area contributed by atoms with E-state index in [0.29, 0.717) is 12.6 Å². The minimum absolute atomic E-state index is 0.294. The summed E-state index contributed by atoms with van der Waals surface area (Å²) < 4.78 is 5.14. The molecule has 0 amide bonds. The Morgan fingerprint density at radius 2 is 2.12 bits per heavy atom. The van der Waals surface area contributed by atoms with Gasteiger partial charge in [-0.1, -0.05) is 12.1 Å². The summed E-state index contributed by atoms with van der Waals surface area (Å²) in [5.74, 6) is 0.906. The molecule has 1 unspecified atom stereocenters. The summed E-state index contributed by atoms with van der Waals surface area (Å²) in [6.07, 6.45) is 3.40. The van der Waals surface area contributed by atoms with Crippen molar-refractivity contribution in [3.8, 4) is 5.75 Å². The summed E-state index contributed by atoms with van der Waals surface area (Å²) in [7, 11) is 1.69. The summed E-state index contributed by atoms with van der Waals surface area (Å²) in [6, 6.07) is 8.62. The fourth-order valence-corrected chi connectivity index (χ4v) is 2.46. The van der Waals surface area contributed by atoms with Gasteiger partial charge in [-0.2, -0.15) is 0 Å². The molecule has 0 spiro atoms. The molecule has 1 N–H and O–H groups in total. The molecule has 1 aliphatic rings. The van der Waals surface area contributed by atoms with E-state index < -0.39 is 0 Å². The van der Waals surface area contributed by atoms with E-state index in [1.54, 1.807) is 7.11 Å². The van der Waals surface area contributed by atoms with Crippen LogP contribution in [-0.2, 0) is 6.42 Å². The third-order valence-corrected chi connectivity index (χ3v) is 3.56. The highest BCUT2D eigenvalue weighted by Gasteiger charge is 2.22. The third-order valence-electron chi connectivity index (χ3n) is 3.56. The smallest absolute Gasteiger partial charge is 0.118 e. The van der Waals surface area contributed by atoms with Crippen molar-refractivity contribution in [2.75, 3.05) is 26.8 Å². The van der Waals surface area contributed by atoms with Crippen molar-refractivity contribution in [1.29, 1.82) is 0 Å². The molecule has 3 heteroatoms. The molecule has 94 valence electrons. The quantitative estimate of drug-likeness (QED) is 0.843. The Kier molecular flexibility index (Phi) is 4.40. The second-order valence-corrected chi connectivity index (χ2v) is 4.61. The zero-order valence-electron chi connectivity index (χ0n) is 10.4. The molecule has 0 bridgehead atoms. The van der Waals surface area contributed by atoms with Crippen molar-refractivity contribution < 1.29 is 9.84 Å². The number of methoxy groups -OCH3 is 1. The molecule has 2 rings (SSSR count). The van der Waals surface area contributed by atoms with Crippen LogP contribution in [0, 0.1) is 0 Å². The zero-order valence-corrected chi connectivity index (χ0v) is 10.4. The average Bonchev–Trinajstić information content (AvgIpc) is 2.84. The van der Waals surface area contributed by atoms with E-state index in [1.807, 2.05) is 12.1 Å². The van der Waals surface area contributed by atoms with Gasteiger partial charge < -0.3 is 9.84 Å². The largest absolute Gasteiger partial charge is 0.497 e. The van der Waals surface area contributed by atoms with Crippen LogP contribution in [0.1, 0.15) is 18.4 Å².